The Morgan fingerprint density at radius 2 is 1.04 bits per heavy atom. The molecule has 0 N–H and O–H groups in total. The summed E-state index contributed by atoms with van der Waals surface area (Å²) in [5.74, 6) is 0.656. The lowest BCUT2D eigenvalue weighted by atomic mass is 9.96. The molecule has 216 valence electrons. The highest BCUT2D eigenvalue weighted by Crippen LogP contribution is 2.36. The zero-order valence-corrected chi connectivity index (χ0v) is 24.8. The molecular weight excluding hydrogens is 562 g/mol. The van der Waals surface area contributed by atoms with Crippen LogP contribution < -0.4 is 0 Å². The third-order valence-electron chi connectivity index (χ3n) is 8.06. The van der Waals surface area contributed by atoms with Gasteiger partial charge >= 0.3 is 0 Å². The molecule has 8 rings (SSSR count). The summed E-state index contributed by atoms with van der Waals surface area (Å²) in [7, 11) is 0. The van der Waals surface area contributed by atoms with Gasteiger partial charge in [0.05, 0.1) is 22.6 Å². The lowest BCUT2D eigenvalue weighted by Crippen LogP contribution is -1.97. The van der Waals surface area contributed by atoms with Gasteiger partial charge in [-0.25, -0.2) is 9.97 Å². The van der Waals surface area contributed by atoms with Gasteiger partial charge in [-0.05, 0) is 76.9 Å². The van der Waals surface area contributed by atoms with Crippen molar-refractivity contribution in [3.05, 3.63) is 164 Å². The Balaban J connectivity index is 1.30. The highest BCUT2D eigenvalue weighted by Gasteiger charge is 2.15. The summed E-state index contributed by atoms with van der Waals surface area (Å²) in [6.45, 7) is 0. The molecule has 0 atom stereocenters. The third-order valence-corrected chi connectivity index (χ3v) is 8.06. The van der Waals surface area contributed by atoms with Crippen LogP contribution in [0.5, 0.6) is 0 Å². The minimum absolute atomic E-state index is 0.656. The average Bonchev–Trinajstić information content (AvgIpc) is 3.15. The van der Waals surface area contributed by atoms with Crippen LogP contribution in [-0.2, 0) is 0 Å². The molecule has 4 aromatic heterocycles. The largest absolute Gasteiger partial charge is 0.264 e. The van der Waals surface area contributed by atoms with E-state index in [2.05, 4.69) is 94.9 Å². The van der Waals surface area contributed by atoms with Crippen LogP contribution in [0.25, 0.3) is 78.3 Å². The van der Waals surface area contributed by atoms with E-state index < -0.39 is 0 Å². The Morgan fingerprint density at radius 1 is 0.370 bits per heavy atom. The molecule has 0 aliphatic rings. The van der Waals surface area contributed by atoms with Crippen LogP contribution in [0, 0.1) is 0 Å². The first kappa shape index (κ1) is 27.2. The van der Waals surface area contributed by atoms with Crippen LogP contribution >= 0.6 is 0 Å². The van der Waals surface area contributed by atoms with Gasteiger partial charge in [0.1, 0.15) is 0 Å². The normalized spacial score (nSPS) is 11.0. The molecule has 0 amide bonds. The van der Waals surface area contributed by atoms with Gasteiger partial charge in [0.2, 0.25) is 0 Å². The van der Waals surface area contributed by atoms with E-state index in [1.807, 2.05) is 67.0 Å². The van der Waals surface area contributed by atoms with E-state index in [9.17, 15) is 0 Å². The summed E-state index contributed by atoms with van der Waals surface area (Å²) < 4.78 is 0. The highest BCUT2D eigenvalue weighted by atomic mass is 14.9. The van der Waals surface area contributed by atoms with Gasteiger partial charge in [0.25, 0.3) is 0 Å². The van der Waals surface area contributed by atoms with Crippen LogP contribution in [0.2, 0.25) is 0 Å². The molecular formula is C41H27N5. The first-order valence-corrected chi connectivity index (χ1v) is 15.1. The maximum atomic E-state index is 5.25. The summed E-state index contributed by atoms with van der Waals surface area (Å²) in [6.07, 6.45) is 7.35. The van der Waals surface area contributed by atoms with E-state index >= 15 is 0 Å². The lowest BCUT2D eigenvalue weighted by molar-refractivity contribution is 1.23. The van der Waals surface area contributed by atoms with E-state index in [0.717, 1.165) is 72.5 Å². The zero-order valence-electron chi connectivity index (χ0n) is 24.8. The maximum absolute atomic E-state index is 5.25. The molecule has 8 aromatic rings. The molecule has 4 aromatic carbocycles. The van der Waals surface area contributed by atoms with Crippen LogP contribution in [-0.4, -0.2) is 24.9 Å². The lowest BCUT2D eigenvalue weighted by Gasteiger charge is -2.14. The quantitative estimate of drug-likeness (QED) is 0.193. The number of nitrogens with zero attached hydrogens (tertiary/aromatic N) is 5. The monoisotopic (exact) mass is 589 g/mol. The van der Waals surface area contributed by atoms with Crippen molar-refractivity contribution in [2.24, 2.45) is 0 Å². The van der Waals surface area contributed by atoms with E-state index in [-0.39, 0.29) is 0 Å². The van der Waals surface area contributed by atoms with Crippen molar-refractivity contribution in [1.29, 1.82) is 0 Å². The molecule has 0 unspecified atom stereocenters. The Bertz CT molecular complexity index is 2270. The fourth-order valence-corrected chi connectivity index (χ4v) is 5.74. The van der Waals surface area contributed by atoms with Crippen LogP contribution in [0.4, 0.5) is 0 Å². The molecule has 0 bridgehead atoms. The van der Waals surface area contributed by atoms with Gasteiger partial charge in [0, 0.05) is 52.4 Å². The SMILES string of the molecule is c1ccc(-c2ccc3nc(-c4cc(-c5cccnc5)cc(-c5ccc(-c6ccccn6)nc5)c4)nc(-c4ccccc4)c3c2)cc1. The molecule has 5 heteroatoms. The van der Waals surface area contributed by atoms with E-state index in [4.69, 9.17) is 15.0 Å². The van der Waals surface area contributed by atoms with Gasteiger partial charge in [-0.1, -0.05) is 84.9 Å². The topological polar surface area (TPSA) is 64.5 Å². The van der Waals surface area contributed by atoms with Crippen LogP contribution in [0.3, 0.4) is 0 Å². The Morgan fingerprint density at radius 3 is 1.74 bits per heavy atom. The van der Waals surface area contributed by atoms with Crippen LogP contribution in [0.1, 0.15) is 0 Å². The van der Waals surface area contributed by atoms with Crippen molar-refractivity contribution >= 4 is 10.9 Å². The van der Waals surface area contributed by atoms with Crippen molar-refractivity contribution < 1.29 is 0 Å². The smallest absolute Gasteiger partial charge is 0.160 e. The number of aromatic nitrogens is 5. The zero-order chi connectivity index (χ0) is 30.7. The number of hydrogen-bond donors (Lipinski definition) is 0. The molecule has 0 aliphatic heterocycles. The van der Waals surface area contributed by atoms with Gasteiger partial charge in [-0.15, -0.1) is 0 Å². The van der Waals surface area contributed by atoms with Gasteiger partial charge < -0.3 is 0 Å². The average molecular weight is 590 g/mol. The van der Waals surface area contributed by atoms with Crippen molar-refractivity contribution in [2.75, 3.05) is 0 Å². The third kappa shape index (κ3) is 5.42. The summed E-state index contributed by atoms with van der Waals surface area (Å²) in [4.78, 5) is 24.0. The molecule has 5 nitrogen and oxygen atoms in total. The molecule has 0 aliphatic carbocycles. The number of hydrogen-bond acceptors (Lipinski definition) is 5. The second kappa shape index (κ2) is 12.0. The van der Waals surface area contributed by atoms with Gasteiger partial charge in [-0.2, -0.15) is 0 Å². The molecule has 0 radical (unpaired) electrons. The molecule has 0 saturated carbocycles. The van der Waals surface area contributed by atoms with Crippen molar-refractivity contribution in [3.63, 3.8) is 0 Å². The fraction of sp³-hybridized carbons (Fsp3) is 0. The first-order chi connectivity index (χ1) is 22.8. The van der Waals surface area contributed by atoms with Gasteiger partial charge in [-0.3, -0.25) is 15.0 Å². The summed E-state index contributed by atoms with van der Waals surface area (Å²) in [5, 5.41) is 1.01. The van der Waals surface area contributed by atoms with Crippen LogP contribution in [0.15, 0.2) is 164 Å². The van der Waals surface area contributed by atoms with Gasteiger partial charge in [0.15, 0.2) is 5.82 Å². The summed E-state index contributed by atoms with van der Waals surface area (Å²) in [6, 6.07) is 47.6. The highest BCUT2D eigenvalue weighted by molar-refractivity contribution is 5.96. The van der Waals surface area contributed by atoms with Crippen molar-refractivity contribution in [2.45, 2.75) is 0 Å². The summed E-state index contributed by atoms with van der Waals surface area (Å²) in [5.41, 5.74) is 11.7. The molecule has 0 spiro atoms. The molecule has 46 heavy (non-hydrogen) atoms. The second-order valence-electron chi connectivity index (χ2n) is 11.0. The second-order valence-corrected chi connectivity index (χ2v) is 11.0. The minimum Gasteiger partial charge on any atom is -0.264 e. The Labute approximate surface area is 267 Å². The predicted molar refractivity (Wildman–Crippen MR) is 186 cm³/mol. The first-order valence-electron chi connectivity index (χ1n) is 15.1. The van der Waals surface area contributed by atoms with E-state index in [1.54, 1.807) is 12.4 Å². The van der Waals surface area contributed by atoms with E-state index in [1.165, 1.54) is 0 Å². The predicted octanol–water partition coefficient (Wildman–Crippen LogP) is 9.82. The Kier molecular flexibility index (Phi) is 7.09. The number of rotatable bonds is 6. The standard InChI is InChI=1S/C41H27N5/c1-3-10-28(11-4-1)30-16-18-37-36(25-30)40(29-12-5-2-6-13-29)46-41(45-37)35-23-33(31-14-9-20-42-26-31)22-34(24-35)32-17-19-39(44-27-32)38-15-7-8-21-43-38/h1-27H. The van der Waals surface area contributed by atoms with E-state index in [0.29, 0.717) is 5.82 Å². The number of pyridine rings is 3. The Hall–Kier alpha value is -6.33. The van der Waals surface area contributed by atoms with Crippen molar-refractivity contribution in [3.8, 4) is 67.4 Å². The maximum Gasteiger partial charge on any atom is 0.160 e. The molecule has 0 saturated heterocycles. The minimum atomic E-state index is 0.656. The number of benzene rings is 4. The fourth-order valence-electron chi connectivity index (χ4n) is 5.74. The number of fused-ring (bicyclic) bond motifs is 1. The molecule has 0 fully saturated rings. The van der Waals surface area contributed by atoms with Crippen molar-refractivity contribution in [1.82, 2.24) is 24.9 Å². The summed E-state index contributed by atoms with van der Waals surface area (Å²) >= 11 is 0. The molecule has 4 heterocycles.